The molecule has 14 heavy (non-hydrogen) atoms. The maximum absolute atomic E-state index is 5.16. The van der Waals surface area contributed by atoms with Crippen molar-refractivity contribution in [3.63, 3.8) is 0 Å². The molecule has 0 fully saturated rings. The minimum absolute atomic E-state index is 0.858. The molecule has 0 saturated carbocycles. The summed E-state index contributed by atoms with van der Waals surface area (Å²) in [5, 5.41) is 6.96. The van der Waals surface area contributed by atoms with E-state index in [1.54, 1.807) is 7.11 Å². The van der Waals surface area contributed by atoms with E-state index in [2.05, 4.69) is 10.2 Å². The molecule has 0 unspecified atom stereocenters. The SMILES string of the molecule is COc1cccc(-c2[nH]ncc2C)c1. The maximum atomic E-state index is 5.16. The molecule has 0 saturated heterocycles. The van der Waals surface area contributed by atoms with Crippen LogP contribution in [0.1, 0.15) is 5.56 Å². The second-order valence-corrected chi connectivity index (χ2v) is 3.16. The van der Waals surface area contributed by atoms with Gasteiger partial charge in [-0.1, -0.05) is 12.1 Å². The quantitative estimate of drug-likeness (QED) is 0.785. The minimum atomic E-state index is 0.858. The van der Waals surface area contributed by atoms with Crippen molar-refractivity contribution < 1.29 is 4.74 Å². The Balaban J connectivity index is 2.47. The summed E-state index contributed by atoms with van der Waals surface area (Å²) in [5.41, 5.74) is 3.28. The van der Waals surface area contributed by atoms with Gasteiger partial charge in [-0.15, -0.1) is 0 Å². The average Bonchev–Trinajstić information content (AvgIpc) is 2.65. The number of nitrogens with one attached hydrogen (secondary N) is 1. The van der Waals surface area contributed by atoms with Crippen molar-refractivity contribution in [1.29, 1.82) is 0 Å². The van der Waals surface area contributed by atoms with Crippen LogP contribution < -0.4 is 4.74 Å². The molecule has 1 heterocycles. The van der Waals surface area contributed by atoms with Gasteiger partial charge in [0.25, 0.3) is 0 Å². The molecule has 0 atom stereocenters. The van der Waals surface area contributed by atoms with Gasteiger partial charge in [-0.3, -0.25) is 5.10 Å². The van der Waals surface area contributed by atoms with Crippen molar-refractivity contribution >= 4 is 0 Å². The summed E-state index contributed by atoms with van der Waals surface area (Å²) in [5.74, 6) is 0.858. The van der Waals surface area contributed by atoms with Gasteiger partial charge in [-0.25, -0.2) is 0 Å². The van der Waals surface area contributed by atoms with E-state index >= 15 is 0 Å². The predicted octanol–water partition coefficient (Wildman–Crippen LogP) is 2.39. The number of hydrogen-bond donors (Lipinski definition) is 1. The molecule has 3 nitrogen and oxygen atoms in total. The third-order valence-corrected chi connectivity index (χ3v) is 2.19. The molecule has 1 aromatic heterocycles. The molecule has 0 aliphatic rings. The van der Waals surface area contributed by atoms with Crippen molar-refractivity contribution in [2.75, 3.05) is 7.11 Å². The average molecular weight is 188 g/mol. The standard InChI is InChI=1S/C11H12N2O/c1-8-7-12-13-11(8)9-4-3-5-10(6-9)14-2/h3-7H,1-2H3,(H,12,13). The predicted molar refractivity (Wildman–Crippen MR) is 55.3 cm³/mol. The first kappa shape index (κ1) is 8.81. The molecule has 0 aliphatic heterocycles. The molecular formula is C11H12N2O. The first-order chi connectivity index (χ1) is 6.81. The van der Waals surface area contributed by atoms with Crippen molar-refractivity contribution in [2.24, 2.45) is 0 Å². The fraction of sp³-hybridized carbons (Fsp3) is 0.182. The monoisotopic (exact) mass is 188 g/mol. The Hall–Kier alpha value is -1.77. The second-order valence-electron chi connectivity index (χ2n) is 3.16. The first-order valence-corrected chi connectivity index (χ1v) is 4.45. The molecule has 1 N–H and O–H groups in total. The van der Waals surface area contributed by atoms with Crippen LogP contribution >= 0.6 is 0 Å². The van der Waals surface area contributed by atoms with E-state index < -0.39 is 0 Å². The van der Waals surface area contributed by atoms with Crippen LogP contribution in [0.3, 0.4) is 0 Å². The van der Waals surface area contributed by atoms with Crippen molar-refractivity contribution in [3.05, 3.63) is 36.0 Å². The number of benzene rings is 1. The summed E-state index contributed by atoms with van der Waals surface area (Å²) >= 11 is 0. The summed E-state index contributed by atoms with van der Waals surface area (Å²) < 4.78 is 5.16. The van der Waals surface area contributed by atoms with Crippen LogP contribution in [-0.2, 0) is 0 Å². The summed E-state index contributed by atoms with van der Waals surface area (Å²) in [6.45, 7) is 2.03. The molecule has 2 rings (SSSR count). The van der Waals surface area contributed by atoms with Crippen LogP contribution in [0.15, 0.2) is 30.5 Å². The zero-order chi connectivity index (χ0) is 9.97. The molecule has 0 spiro atoms. The van der Waals surface area contributed by atoms with Gasteiger partial charge < -0.3 is 4.74 Å². The van der Waals surface area contributed by atoms with Gasteiger partial charge in [0.2, 0.25) is 0 Å². The number of aryl methyl sites for hydroxylation is 1. The van der Waals surface area contributed by atoms with Gasteiger partial charge in [-0.2, -0.15) is 5.10 Å². The molecule has 0 radical (unpaired) electrons. The van der Waals surface area contributed by atoms with E-state index in [1.165, 1.54) is 0 Å². The number of rotatable bonds is 2. The van der Waals surface area contributed by atoms with Gasteiger partial charge in [0.15, 0.2) is 0 Å². The van der Waals surface area contributed by atoms with Crippen molar-refractivity contribution in [3.8, 4) is 17.0 Å². The number of ether oxygens (including phenoxy) is 1. The number of aromatic amines is 1. The Labute approximate surface area is 82.7 Å². The fourth-order valence-corrected chi connectivity index (χ4v) is 1.42. The number of H-pyrrole nitrogens is 1. The van der Waals surface area contributed by atoms with Crippen LogP contribution in [0.4, 0.5) is 0 Å². The highest BCUT2D eigenvalue weighted by Crippen LogP contribution is 2.23. The third kappa shape index (κ3) is 1.48. The van der Waals surface area contributed by atoms with E-state index in [9.17, 15) is 0 Å². The highest BCUT2D eigenvalue weighted by atomic mass is 16.5. The number of hydrogen-bond acceptors (Lipinski definition) is 2. The molecule has 0 amide bonds. The Morgan fingerprint density at radius 3 is 2.86 bits per heavy atom. The third-order valence-electron chi connectivity index (χ3n) is 2.19. The first-order valence-electron chi connectivity index (χ1n) is 4.45. The van der Waals surface area contributed by atoms with Gasteiger partial charge >= 0.3 is 0 Å². The van der Waals surface area contributed by atoms with Gasteiger partial charge in [-0.05, 0) is 24.6 Å². The fourth-order valence-electron chi connectivity index (χ4n) is 1.42. The molecule has 0 aliphatic carbocycles. The second kappa shape index (κ2) is 3.54. The van der Waals surface area contributed by atoms with Crippen LogP contribution in [-0.4, -0.2) is 17.3 Å². The van der Waals surface area contributed by atoms with E-state index in [4.69, 9.17) is 4.74 Å². The summed E-state index contributed by atoms with van der Waals surface area (Å²) in [4.78, 5) is 0. The smallest absolute Gasteiger partial charge is 0.119 e. The molecule has 1 aromatic carbocycles. The molecule has 0 bridgehead atoms. The maximum Gasteiger partial charge on any atom is 0.119 e. The van der Waals surface area contributed by atoms with Gasteiger partial charge in [0.05, 0.1) is 19.0 Å². The normalized spacial score (nSPS) is 10.1. The van der Waals surface area contributed by atoms with E-state index in [-0.39, 0.29) is 0 Å². The molecule has 3 heteroatoms. The van der Waals surface area contributed by atoms with E-state index in [0.717, 1.165) is 22.6 Å². The highest BCUT2D eigenvalue weighted by Gasteiger charge is 2.03. The lowest BCUT2D eigenvalue weighted by molar-refractivity contribution is 0.415. The zero-order valence-electron chi connectivity index (χ0n) is 8.24. The molecular weight excluding hydrogens is 176 g/mol. The summed E-state index contributed by atoms with van der Waals surface area (Å²) in [6, 6.07) is 7.91. The van der Waals surface area contributed by atoms with Crippen LogP contribution in [0, 0.1) is 6.92 Å². The largest absolute Gasteiger partial charge is 0.497 e. The number of aromatic nitrogens is 2. The van der Waals surface area contributed by atoms with Crippen LogP contribution in [0.2, 0.25) is 0 Å². The Morgan fingerprint density at radius 1 is 1.36 bits per heavy atom. The van der Waals surface area contributed by atoms with Crippen molar-refractivity contribution in [1.82, 2.24) is 10.2 Å². The summed E-state index contributed by atoms with van der Waals surface area (Å²) in [6.07, 6.45) is 1.81. The Morgan fingerprint density at radius 2 is 2.21 bits per heavy atom. The Kier molecular flexibility index (Phi) is 2.23. The lowest BCUT2D eigenvalue weighted by Gasteiger charge is -2.02. The van der Waals surface area contributed by atoms with Crippen molar-refractivity contribution in [2.45, 2.75) is 6.92 Å². The lowest BCUT2D eigenvalue weighted by atomic mass is 10.1. The number of nitrogens with zero attached hydrogens (tertiary/aromatic N) is 1. The number of methoxy groups -OCH3 is 1. The molecule has 72 valence electrons. The van der Waals surface area contributed by atoms with Gasteiger partial charge in [0, 0.05) is 5.56 Å². The van der Waals surface area contributed by atoms with Gasteiger partial charge in [0.1, 0.15) is 5.75 Å². The van der Waals surface area contributed by atoms with Crippen LogP contribution in [0.25, 0.3) is 11.3 Å². The van der Waals surface area contributed by atoms with E-state index in [0.29, 0.717) is 0 Å². The minimum Gasteiger partial charge on any atom is -0.497 e. The molecule has 2 aromatic rings. The van der Waals surface area contributed by atoms with E-state index in [1.807, 2.05) is 37.4 Å². The Bertz CT molecular complexity index is 434. The summed E-state index contributed by atoms with van der Waals surface area (Å²) in [7, 11) is 1.67. The van der Waals surface area contributed by atoms with Crippen LogP contribution in [0.5, 0.6) is 5.75 Å². The zero-order valence-corrected chi connectivity index (χ0v) is 8.24. The highest BCUT2D eigenvalue weighted by molar-refractivity contribution is 5.63. The topological polar surface area (TPSA) is 37.9 Å². The lowest BCUT2D eigenvalue weighted by Crippen LogP contribution is -1.85.